The fourth-order valence-electron chi connectivity index (χ4n) is 1.75. The molecule has 0 atom stereocenters. The topological polar surface area (TPSA) is 88.1 Å². The number of benzene rings is 2. The Labute approximate surface area is 123 Å². The maximum absolute atomic E-state index is 12.1. The molecule has 0 saturated carbocycles. The molecule has 21 heavy (non-hydrogen) atoms. The van der Waals surface area contributed by atoms with Gasteiger partial charge >= 0.3 is 0 Å². The summed E-state index contributed by atoms with van der Waals surface area (Å²) in [6, 6.07) is 15.9. The van der Waals surface area contributed by atoms with Gasteiger partial charge in [-0.3, -0.25) is 4.79 Å². The molecule has 0 unspecified atom stereocenters. The first-order valence-electron chi connectivity index (χ1n) is 6.43. The van der Waals surface area contributed by atoms with Crippen molar-refractivity contribution < 1.29 is 9.53 Å². The van der Waals surface area contributed by atoms with Crippen LogP contribution in [0.5, 0.6) is 5.75 Å². The van der Waals surface area contributed by atoms with Crippen LogP contribution in [0.15, 0.2) is 48.5 Å². The molecule has 0 saturated heterocycles. The van der Waals surface area contributed by atoms with Crippen molar-refractivity contribution in [3.05, 3.63) is 59.7 Å². The normalized spacial score (nSPS) is 9.71. The smallest absolute Gasteiger partial charge is 0.255 e. The molecular weight excluding hydrogens is 266 g/mol. The standard InChI is InChI=1S/C16H15N3O2/c17-9-10-21-15-7-5-14(6-8-15)19-16(20)13-3-1-12(11-18)2-4-13/h1-8H,10-11,18H2,(H,19,20). The van der Waals surface area contributed by atoms with E-state index in [1.54, 1.807) is 36.4 Å². The van der Waals surface area contributed by atoms with Crippen molar-refractivity contribution in [2.45, 2.75) is 6.54 Å². The number of nitrogens with zero attached hydrogens (tertiary/aromatic N) is 1. The Morgan fingerprint density at radius 1 is 1.14 bits per heavy atom. The van der Waals surface area contributed by atoms with Crippen molar-refractivity contribution in [2.24, 2.45) is 5.73 Å². The lowest BCUT2D eigenvalue weighted by Gasteiger charge is -2.07. The monoisotopic (exact) mass is 281 g/mol. The minimum atomic E-state index is -0.190. The van der Waals surface area contributed by atoms with Crippen molar-refractivity contribution in [1.82, 2.24) is 0 Å². The molecule has 2 aromatic rings. The number of carbonyl (C=O) groups excluding carboxylic acids is 1. The maximum Gasteiger partial charge on any atom is 0.255 e. The summed E-state index contributed by atoms with van der Waals surface area (Å²) in [6.07, 6.45) is 0. The van der Waals surface area contributed by atoms with E-state index in [4.69, 9.17) is 15.7 Å². The van der Waals surface area contributed by atoms with E-state index in [1.807, 2.05) is 18.2 Å². The average molecular weight is 281 g/mol. The lowest BCUT2D eigenvalue weighted by atomic mass is 10.1. The molecule has 5 heteroatoms. The number of nitrogens with one attached hydrogen (secondary N) is 1. The number of rotatable bonds is 5. The number of ether oxygens (including phenoxy) is 1. The molecule has 5 nitrogen and oxygen atoms in total. The maximum atomic E-state index is 12.1. The highest BCUT2D eigenvalue weighted by molar-refractivity contribution is 6.04. The lowest BCUT2D eigenvalue weighted by molar-refractivity contribution is 0.102. The van der Waals surface area contributed by atoms with E-state index in [2.05, 4.69) is 5.32 Å². The predicted octanol–water partition coefficient (Wildman–Crippen LogP) is 2.30. The number of nitriles is 1. The van der Waals surface area contributed by atoms with Crippen molar-refractivity contribution >= 4 is 11.6 Å². The summed E-state index contributed by atoms with van der Waals surface area (Å²) in [5, 5.41) is 11.2. The molecule has 0 heterocycles. The minimum Gasteiger partial charge on any atom is -0.479 e. The summed E-state index contributed by atoms with van der Waals surface area (Å²) in [7, 11) is 0. The SMILES string of the molecule is N#CCOc1ccc(NC(=O)c2ccc(CN)cc2)cc1. The van der Waals surface area contributed by atoms with Gasteiger partial charge in [0, 0.05) is 17.8 Å². The highest BCUT2D eigenvalue weighted by Gasteiger charge is 2.06. The molecule has 0 aliphatic heterocycles. The summed E-state index contributed by atoms with van der Waals surface area (Å²) in [5.74, 6) is 0.395. The molecule has 2 rings (SSSR count). The number of hydrogen-bond acceptors (Lipinski definition) is 4. The van der Waals surface area contributed by atoms with Crippen LogP contribution >= 0.6 is 0 Å². The van der Waals surface area contributed by atoms with Crippen molar-refractivity contribution in [3.8, 4) is 11.8 Å². The second-order valence-corrected chi connectivity index (χ2v) is 4.33. The quantitative estimate of drug-likeness (QED) is 0.880. The second kappa shape index (κ2) is 7.08. The molecule has 3 N–H and O–H groups in total. The molecule has 0 spiro atoms. The minimum absolute atomic E-state index is 0.000796. The Morgan fingerprint density at radius 3 is 2.38 bits per heavy atom. The number of hydrogen-bond donors (Lipinski definition) is 2. The third-order valence-electron chi connectivity index (χ3n) is 2.87. The highest BCUT2D eigenvalue weighted by atomic mass is 16.5. The van der Waals surface area contributed by atoms with Gasteiger partial charge in [0.1, 0.15) is 11.8 Å². The molecule has 0 bridgehead atoms. The van der Waals surface area contributed by atoms with Gasteiger partial charge in [0.05, 0.1) is 0 Å². The number of amides is 1. The van der Waals surface area contributed by atoms with Gasteiger partial charge in [0.2, 0.25) is 0 Å². The molecule has 0 radical (unpaired) electrons. The number of anilines is 1. The third kappa shape index (κ3) is 4.06. The van der Waals surface area contributed by atoms with E-state index in [0.717, 1.165) is 5.56 Å². The van der Waals surface area contributed by atoms with Gasteiger partial charge in [0.15, 0.2) is 6.61 Å². The Kier molecular flexibility index (Phi) is 4.91. The largest absolute Gasteiger partial charge is 0.479 e. The van der Waals surface area contributed by atoms with Crippen molar-refractivity contribution in [2.75, 3.05) is 11.9 Å². The van der Waals surface area contributed by atoms with Crippen LogP contribution in [0.25, 0.3) is 0 Å². The van der Waals surface area contributed by atoms with Gasteiger partial charge < -0.3 is 15.8 Å². The van der Waals surface area contributed by atoms with E-state index in [0.29, 0.717) is 23.5 Å². The van der Waals surface area contributed by atoms with E-state index >= 15 is 0 Å². The van der Waals surface area contributed by atoms with Crippen LogP contribution < -0.4 is 15.8 Å². The molecule has 0 aromatic heterocycles. The van der Waals surface area contributed by atoms with Crippen LogP contribution in [0.3, 0.4) is 0 Å². The molecule has 1 amide bonds. The zero-order valence-electron chi connectivity index (χ0n) is 11.4. The summed E-state index contributed by atoms with van der Waals surface area (Å²) in [6.45, 7) is 0.450. The van der Waals surface area contributed by atoms with Crippen LogP contribution in [-0.4, -0.2) is 12.5 Å². The summed E-state index contributed by atoms with van der Waals surface area (Å²) >= 11 is 0. The van der Waals surface area contributed by atoms with Crippen molar-refractivity contribution in [3.63, 3.8) is 0 Å². The van der Waals surface area contributed by atoms with Gasteiger partial charge in [-0.1, -0.05) is 12.1 Å². The molecule has 0 aliphatic carbocycles. The van der Waals surface area contributed by atoms with E-state index in [-0.39, 0.29) is 12.5 Å². The van der Waals surface area contributed by atoms with Crippen LogP contribution in [-0.2, 0) is 6.54 Å². The lowest BCUT2D eigenvalue weighted by Crippen LogP contribution is -2.12. The zero-order chi connectivity index (χ0) is 15.1. The van der Waals surface area contributed by atoms with E-state index < -0.39 is 0 Å². The van der Waals surface area contributed by atoms with Crippen molar-refractivity contribution in [1.29, 1.82) is 5.26 Å². The van der Waals surface area contributed by atoms with Gasteiger partial charge in [-0.25, -0.2) is 0 Å². The summed E-state index contributed by atoms with van der Waals surface area (Å²) < 4.78 is 5.14. The van der Waals surface area contributed by atoms with Crippen LogP contribution in [0, 0.1) is 11.3 Å². The van der Waals surface area contributed by atoms with Gasteiger partial charge in [-0.05, 0) is 42.0 Å². The first-order chi connectivity index (χ1) is 10.2. The Bertz CT molecular complexity index is 643. The summed E-state index contributed by atoms with van der Waals surface area (Å²) in [5.41, 5.74) is 7.72. The summed E-state index contributed by atoms with van der Waals surface area (Å²) in [4.78, 5) is 12.1. The Morgan fingerprint density at radius 2 is 1.81 bits per heavy atom. The highest BCUT2D eigenvalue weighted by Crippen LogP contribution is 2.16. The predicted molar refractivity (Wildman–Crippen MR) is 79.8 cm³/mol. The second-order valence-electron chi connectivity index (χ2n) is 4.33. The Balaban J connectivity index is 2.00. The first kappa shape index (κ1) is 14.6. The molecule has 0 aliphatic rings. The van der Waals surface area contributed by atoms with E-state index in [9.17, 15) is 4.79 Å². The molecule has 2 aromatic carbocycles. The first-order valence-corrected chi connectivity index (χ1v) is 6.43. The zero-order valence-corrected chi connectivity index (χ0v) is 11.4. The number of nitrogens with two attached hydrogens (primary N) is 1. The third-order valence-corrected chi connectivity index (χ3v) is 2.87. The molecular formula is C16H15N3O2. The Hall–Kier alpha value is -2.84. The van der Waals surface area contributed by atoms with Crippen LogP contribution in [0.2, 0.25) is 0 Å². The number of carbonyl (C=O) groups is 1. The van der Waals surface area contributed by atoms with Gasteiger partial charge in [-0.15, -0.1) is 0 Å². The van der Waals surface area contributed by atoms with Gasteiger partial charge in [0.25, 0.3) is 5.91 Å². The van der Waals surface area contributed by atoms with Gasteiger partial charge in [-0.2, -0.15) is 5.26 Å². The molecule has 0 fully saturated rings. The fraction of sp³-hybridized carbons (Fsp3) is 0.125. The van der Waals surface area contributed by atoms with E-state index in [1.165, 1.54) is 0 Å². The van der Waals surface area contributed by atoms with Crippen LogP contribution in [0.1, 0.15) is 15.9 Å². The molecule has 106 valence electrons. The van der Waals surface area contributed by atoms with Crippen LogP contribution in [0.4, 0.5) is 5.69 Å². The average Bonchev–Trinajstić information content (AvgIpc) is 2.54. The fourth-order valence-corrected chi connectivity index (χ4v) is 1.75.